The molecule has 0 amide bonds. The molecule has 0 rings (SSSR count). The zero-order valence-corrected chi connectivity index (χ0v) is 5.49. The Morgan fingerprint density at radius 1 is 1.60 bits per heavy atom. The molecule has 0 radical (unpaired) electrons. The molecule has 1 unspecified atom stereocenters. The number of aliphatic hydroxyl groups is 1. The molecule has 0 aromatic carbocycles. The molecule has 0 aliphatic rings. The zero-order chi connectivity index (χ0) is 8.85. The largest absolute Gasteiger partial charge is 0.480 e. The van der Waals surface area contributed by atoms with E-state index in [4.69, 9.17) is 18.0 Å². The van der Waals surface area contributed by atoms with Crippen molar-refractivity contribution >= 4 is 5.97 Å². The third kappa shape index (κ3) is 4.25. The Kier molecular flexibility index (Phi) is 3.14. The van der Waals surface area contributed by atoms with Crippen LogP contribution in [0.5, 0.6) is 0 Å². The van der Waals surface area contributed by atoms with E-state index < -0.39 is 18.2 Å². The first-order valence-electron chi connectivity index (χ1n) is 3.34. The summed E-state index contributed by atoms with van der Waals surface area (Å²) in [5.74, 6) is -1.07. The molecule has 6 N–H and O–H groups in total. The third-order valence-electron chi connectivity index (χ3n) is 1.08. The van der Waals surface area contributed by atoms with Crippen LogP contribution in [0.2, 0.25) is 0 Å². The number of hydrogen-bond donors (Lipinski definition) is 4. The maximum Gasteiger partial charge on any atom is 0.320 e. The summed E-state index contributed by atoms with van der Waals surface area (Å²) in [5.41, 5.74) is 10.3. The number of carboxylic acid groups (broad SMARTS) is 1. The average molecular weight is 149 g/mol. The van der Waals surface area contributed by atoms with E-state index in [-0.39, 0.29) is 12.8 Å². The van der Waals surface area contributed by atoms with Crippen molar-refractivity contribution in [3.05, 3.63) is 0 Å². The summed E-state index contributed by atoms with van der Waals surface area (Å²) in [5, 5.41) is 12.3. The maximum absolute atomic E-state index is 10.1. The molecule has 60 valence electrons. The van der Waals surface area contributed by atoms with Gasteiger partial charge < -0.3 is 21.7 Å². The van der Waals surface area contributed by atoms with Crippen molar-refractivity contribution in [3.63, 3.8) is 0 Å². The highest BCUT2D eigenvalue weighted by Crippen LogP contribution is 1.95. The Labute approximate surface area is 60.1 Å². The fraction of sp³-hybridized carbons (Fsp3) is 0.800. The van der Waals surface area contributed by atoms with Gasteiger partial charge >= 0.3 is 5.97 Å². The van der Waals surface area contributed by atoms with Crippen molar-refractivity contribution in [2.45, 2.75) is 25.1 Å². The van der Waals surface area contributed by atoms with Crippen molar-refractivity contribution in [3.8, 4) is 0 Å². The number of aliphatic hydroxyl groups excluding tert-OH is 1. The van der Waals surface area contributed by atoms with Gasteiger partial charge in [0.25, 0.3) is 0 Å². The minimum atomic E-state index is -1.07. The summed E-state index contributed by atoms with van der Waals surface area (Å²) in [6.45, 7) is 0. The Morgan fingerprint density at radius 2 is 2.20 bits per heavy atom. The molecule has 5 heteroatoms. The Morgan fingerprint density at radius 3 is 2.60 bits per heavy atom. The van der Waals surface area contributed by atoms with E-state index in [0.717, 1.165) is 0 Å². The SMILES string of the molecule is [2H]OC(N)CC[C@H](N)C(=O)O. The minimum absolute atomic E-state index is 0.218. The molecule has 0 saturated carbocycles. The molecule has 5 nitrogen and oxygen atoms in total. The lowest BCUT2D eigenvalue weighted by Crippen LogP contribution is -2.32. The summed E-state index contributed by atoms with van der Waals surface area (Å²) < 4.78 is 6.35. The summed E-state index contributed by atoms with van der Waals surface area (Å²) in [6.07, 6.45) is -0.257. The molecular formula is C5H12N2O3. The van der Waals surface area contributed by atoms with Crippen molar-refractivity contribution in [2.75, 3.05) is 0 Å². The van der Waals surface area contributed by atoms with Gasteiger partial charge in [-0.2, -0.15) is 0 Å². The standard InChI is InChI=1S/C5H12N2O3/c6-3(5(9)10)1-2-4(7)8/h3-4,8H,1-2,6-7H2,(H,9,10)/t3-,4?/m0/s1/i8D. The van der Waals surface area contributed by atoms with Gasteiger partial charge in [-0.3, -0.25) is 4.79 Å². The van der Waals surface area contributed by atoms with E-state index in [1.54, 1.807) is 0 Å². The van der Waals surface area contributed by atoms with E-state index in [2.05, 4.69) is 5.11 Å². The van der Waals surface area contributed by atoms with Crippen molar-refractivity contribution in [1.82, 2.24) is 0 Å². The molecule has 0 spiro atoms. The Hall–Kier alpha value is -0.650. The van der Waals surface area contributed by atoms with Gasteiger partial charge in [0.1, 0.15) is 12.3 Å². The molecule has 0 aromatic heterocycles. The van der Waals surface area contributed by atoms with Gasteiger partial charge in [-0.05, 0) is 12.8 Å². The lowest BCUT2D eigenvalue weighted by Gasteiger charge is -2.06. The van der Waals surface area contributed by atoms with E-state index in [1.807, 2.05) is 0 Å². The predicted octanol–water partition coefficient (Wildman–Crippen LogP) is -1.54. The normalized spacial score (nSPS) is 17.6. The van der Waals surface area contributed by atoms with Gasteiger partial charge in [0.05, 0.1) is 0 Å². The molecule has 0 saturated heterocycles. The second-order valence-electron chi connectivity index (χ2n) is 2.06. The summed E-state index contributed by atoms with van der Waals surface area (Å²) in [4.78, 5) is 10.1. The monoisotopic (exact) mass is 149 g/mol. The van der Waals surface area contributed by atoms with Crippen LogP contribution in [0.25, 0.3) is 0 Å². The maximum atomic E-state index is 10.1. The van der Waals surface area contributed by atoms with Crippen LogP contribution in [0.1, 0.15) is 12.8 Å². The molecule has 10 heavy (non-hydrogen) atoms. The lowest BCUT2D eigenvalue weighted by molar-refractivity contribution is -0.138. The summed E-state index contributed by atoms with van der Waals surface area (Å²) >= 11 is 0. The highest BCUT2D eigenvalue weighted by Gasteiger charge is 2.11. The topological polar surface area (TPSA) is 110 Å². The number of carbonyl (C=O) groups is 1. The van der Waals surface area contributed by atoms with Crippen LogP contribution in [0.15, 0.2) is 0 Å². The van der Waals surface area contributed by atoms with Crippen LogP contribution in [0.3, 0.4) is 0 Å². The van der Waals surface area contributed by atoms with Gasteiger partial charge in [-0.25, -0.2) is 0 Å². The number of rotatable bonds is 5. The predicted molar refractivity (Wildman–Crippen MR) is 35.0 cm³/mol. The van der Waals surface area contributed by atoms with Crippen LogP contribution in [0, 0.1) is 0 Å². The fourth-order valence-electron chi connectivity index (χ4n) is 0.467. The van der Waals surface area contributed by atoms with E-state index in [9.17, 15) is 4.79 Å². The summed E-state index contributed by atoms with van der Waals surface area (Å²) in [6, 6.07) is -0.920. The quantitative estimate of drug-likeness (QED) is 0.354. The molecule has 0 bridgehead atoms. The molecule has 0 aliphatic heterocycles. The van der Waals surface area contributed by atoms with E-state index in [0.29, 0.717) is 0 Å². The third-order valence-corrected chi connectivity index (χ3v) is 1.08. The zero-order valence-electron chi connectivity index (χ0n) is 6.49. The fourth-order valence-corrected chi connectivity index (χ4v) is 0.467. The van der Waals surface area contributed by atoms with Crippen LogP contribution in [-0.4, -0.2) is 29.9 Å². The van der Waals surface area contributed by atoms with Gasteiger partial charge in [-0.1, -0.05) is 0 Å². The number of aliphatic carboxylic acids is 1. The second-order valence-corrected chi connectivity index (χ2v) is 2.06. The molecule has 0 fully saturated rings. The summed E-state index contributed by atoms with van der Waals surface area (Å²) in [7, 11) is 0. The van der Waals surface area contributed by atoms with Gasteiger partial charge in [-0.15, -0.1) is 0 Å². The highest BCUT2D eigenvalue weighted by molar-refractivity contribution is 5.72. The highest BCUT2D eigenvalue weighted by atomic mass is 16.4. The van der Waals surface area contributed by atoms with Crippen LogP contribution in [0.4, 0.5) is 0 Å². The molecule has 0 aromatic rings. The minimum Gasteiger partial charge on any atom is -0.480 e. The first kappa shape index (κ1) is 7.46. The second kappa shape index (κ2) is 4.21. The van der Waals surface area contributed by atoms with Crippen LogP contribution in [-0.2, 0) is 4.79 Å². The van der Waals surface area contributed by atoms with Gasteiger partial charge in [0.15, 0.2) is 0 Å². The number of hydrogen-bond acceptors (Lipinski definition) is 4. The number of nitrogens with two attached hydrogens (primary N) is 2. The van der Waals surface area contributed by atoms with E-state index >= 15 is 0 Å². The molecule has 0 heterocycles. The van der Waals surface area contributed by atoms with Gasteiger partial charge in [0.2, 0.25) is 1.43 Å². The van der Waals surface area contributed by atoms with Crippen molar-refractivity contribution < 1.29 is 15.0 Å². The number of carboxylic acids is 1. The smallest absolute Gasteiger partial charge is 0.320 e. The Bertz CT molecular complexity index is 133. The molecular weight excluding hydrogens is 136 g/mol. The average Bonchev–Trinajstić information content (AvgIpc) is 1.99. The molecule has 2 atom stereocenters. The first-order valence-corrected chi connectivity index (χ1v) is 2.94. The lowest BCUT2D eigenvalue weighted by atomic mass is 10.1. The van der Waals surface area contributed by atoms with Crippen LogP contribution >= 0.6 is 0 Å². The molecule has 0 aliphatic carbocycles. The Balaban J connectivity index is 3.45. The van der Waals surface area contributed by atoms with Crippen molar-refractivity contribution in [1.29, 1.82) is 1.43 Å². The van der Waals surface area contributed by atoms with Gasteiger partial charge in [0, 0.05) is 0 Å². The van der Waals surface area contributed by atoms with Crippen LogP contribution < -0.4 is 11.5 Å². The first-order chi connectivity index (χ1) is 5.07. The van der Waals surface area contributed by atoms with Crippen molar-refractivity contribution in [2.24, 2.45) is 11.5 Å². The van der Waals surface area contributed by atoms with E-state index in [1.165, 1.54) is 0 Å².